The summed E-state index contributed by atoms with van der Waals surface area (Å²) in [5.74, 6) is 1.00. The Hall–Kier alpha value is -2.80. The molecule has 0 atom stereocenters. The topological polar surface area (TPSA) is 69.0 Å². The highest BCUT2D eigenvalue weighted by molar-refractivity contribution is 7.99. The first-order valence-corrected chi connectivity index (χ1v) is 9.67. The summed E-state index contributed by atoms with van der Waals surface area (Å²) < 4.78 is 7.47. The smallest absolute Gasteiger partial charge is 0.230 e. The van der Waals surface area contributed by atoms with Crippen molar-refractivity contribution in [2.24, 2.45) is 0 Å². The molecule has 140 valence electrons. The zero-order valence-corrected chi connectivity index (χ0v) is 16.2. The number of carbonyl (C=O) groups is 1. The maximum atomic E-state index is 12.1. The summed E-state index contributed by atoms with van der Waals surface area (Å²) in [5.41, 5.74) is 3.36. The average molecular weight is 382 g/mol. The number of hydrogen-bond acceptors (Lipinski definition) is 5. The lowest BCUT2D eigenvalue weighted by Gasteiger charge is -2.10. The number of ether oxygens (including phenoxy) is 1. The van der Waals surface area contributed by atoms with Crippen molar-refractivity contribution in [2.75, 3.05) is 18.9 Å². The van der Waals surface area contributed by atoms with E-state index < -0.39 is 0 Å². The SMILES string of the molecule is Cc1ccc(-n2cnnc2SCC(=O)NCCOc2ccccc2)c(C)c1. The zero-order valence-electron chi connectivity index (χ0n) is 15.4. The van der Waals surface area contributed by atoms with Crippen LogP contribution in [0.15, 0.2) is 60.0 Å². The van der Waals surface area contributed by atoms with Gasteiger partial charge in [-0.1, -0.05) is 47.7 Å². The van der Waals surface area contributed by atoms with Gasteiger partial charge in [-0.05, 0) is 37.6 Å². The molecule has 0 aliphatic rings. The molecule has 1 heterocycles. The molecular weight excluding hydrogens is 360 g/mol. The van der Waals surface area contributed by atoms with Gasteiger partial charge in [0, 0.05) is 0 Å². The van der Waals surface area contributed by atoms with E-state index in [1.807, 2.05) is 41.0 Å². The number of thioether (sulfide) groups is 1. The van der Waals surface area contributed by atoms with E-state index in [1.54, 1.807) is 6.33 Å². The van der Waals surface area contributed by atoms with E-state index in [9.17, 15) is 4.79 Å². The monoisotopic (exact) mass is 382 g/mol. The summed E-state index contributed by atoms with van der Waals surface area (Å²) >= 11 is 1.36. The van der Waals surface area contributed by atoms with Crippen LogP contribution in [0.4, 0.5) is 0 Å². The van der Waals surface area contributed by atoms with E-state index in [2.05, 4.69) is 41.5 Å². The van der Waals surface area contributed by atoms with Gasteiger partial charge in [-0.15, -0.1) is 10.2 Å². The number of aryl methyl sites for hydroxylation is 2. The van der Waals surface area contributed by atoms with E-state index in [-0.39, 0.29) is 11.7 Å². The van der Waals surface area contributed by atoms with Gasteiger partial charge in [0.15, 0.2) is 5.16 Å². The molecule has 2 aromatic carbocycles. The molecule has 0 unspecified atom stereocenters. The van der Waals surface area contributed by atoms with Crippen LogP contribution in [0.2, 0.25) is 0 Å². The third-order valence-corrected chi connectivity index (χ3v) is 4.84. The second-order valence-electron chi connectivity index (χ2n) is 6.07. The van der Waals surface area contributed by atoms with Crippen molar-refractivity contribution < 1.29 is 9.53 Å². The molecule has 6 nitrogen and oxygen atoms in total. The van der Waals surface area contributed by atoms with Crippen LogP contribution >= 0.6 is 11.8 Å². The van der Waals surface area contributed by atoms with Crippen LogP contribution in [-0.2, 0) is 4.79 Å². The van der Waals surface area contributed by atoms with E-state index >= 15 is 0 Å². The Labute approximate surface area is 163 Å². The summed E-state index contributed by atoms with van der Waals surface area (Å²) in [7, 11) is 0. The standard InChI is InChI=1S/C20H22N4O2S/c1-15-8-9-18(16(2)12-15)24-14-22-23-20(24)27-13-19(25)21-10-11-26-17-6-4-3-5-7-17/h3-9,12,14H,10-11,13H2,1-2H3,(H,21,25). The van der Waals surface area contributed by atoms with E-state index in [0.717, 1.165) is 17.0 Å². The van der Waals surface area contributed by atoms with Gasteiger partial charge in [0.05, 0.1) is 18.0 Å². The predicted molar refractivity (Wildman–Crippen MR) is 107 cm³/mol. The normalized spacial score (nSPS) is 10.6. The van der Waals surface area contributed by atoms with Crippen molar-refractivity contribution >= 4 is 17.7 Å². The van der Waals surface area contributed by atoms with Gasteiger partial charge in [0.1, 0.15) is 18.7 Å². The van der Waals surface area contributed by atoms with Gasteiger partial charge < -0.3 is 10.1 Å². The Balaban J connectivity index is 1.47. The number of aromatic nitrogens is 3. The lowest BCUT2D eigenvalue weighted by atomic mass is 10.1. The maximum Gasteiger partial charge on any atom is 0.230 e. The fourth-order valence-electron chi connectivity index (χ4n) is 2.62. The Morgan fingerprint density at radius 2 is 2.00 bits per heavy atom. The second-order valence-corrected chi connectivity index (χ2v) is 7.02. The van der Waals surface area contributed by atoms with Crippen molar-refractivity contribution in [1.82, 2.24) is 20.1 Å². The van der Waals surface area contributed by atoms with Gasteiger partial charge in [-0.3, -0.25) is 9.36 Å². The minimum Gasteiger partial charge on any atom is -0.492 e. The molecule has 0 radical (unpaired) electrons. The molecule has 0 bridgehead atoms. The summed E-state index contributed by atoms with van der Waals surface area (Å²) in [6, 6.07) is 15.7. The van der Waals surface area contributed by atoms with Gasteiger partial charge in [-0.2, -0.15) is 0 Å². The molecule has 0 spiro atoms. The largest absolute Gasteiger partial charge is 0.492 e. The molecule has 1 aromatic heterocycles. The molecule has 7 heteroatoms. The van der Waals surface area contributed by atoms with Crippen LogP contribution in [0.25, 0.3) is 5.69 Å². The molecule has 3 aromatic rings. The van der Waals surface area contributed by atoms with Crippen LogP contribution in [-0.4, -0.2) is 39.6 Å². The fraction of sp³-hybridized carbons (Fsp3) is 0.250. The first kappa shape index (κ1) is 19.0. The summed E-state index contributed by atoms with van der Waals surface area (Å²) in [5, 5.41) is 11.7. The molecule has 1 amide bonds. The van der Waals surface area contributed by atoms with Crippen molar-refractivity contribution in [3.63, 3.8) is 0 Å². The van der Waals surface area contributed by atoms with Crippen LogP contribution < -0.4 is 10.1 Å². The summed E-state index contributed by atoms with van der Waals surface area (Å²) in [4.78, 5) is 12.1. The van der Waals surface area contributed by atoms with Gasteiger partial charge in [-0.25, -0.2) is 0 Å². The van der Waals surface area contributed by atoms with Crippen LogP contribution in [0.3, 0.4) is 0 Å². The van der Waals surface area contributed by atoms with Gasteiger partial charge in [0.2, 0.25) is 5.91 Å². The van der Waals surface area contributed by atoms with Crippen LogP contribution in [0.5, 0.6) is 5.75 Å². The number of benzene rings is 2. The number of carbonyl (C=O) groups excluding carboxylic acids is 1. The molecule has 3 rings (SSSR count). The number of para-hydroxylation sites is 1. The number of amides is 1. The Morgan fingerprint density at radius 3 is 2.78 bits per heavy atom. The van der Waals surface area contributed by atoms with Gasteiger partial charge >= 0.3 is 0 Å². The fourth-order valence-corrected chi connectivity index (χ4v) is 3.37. The molecule has 1 N–H and O–H groups in total. The number of hydrogen-bond donors (Lipinski definition) is 1. The third kappa shape index (κ3) is 5.34. The molecule has 0 aliphatic heterocycles. The Kier molecular flexibility index (Phi) is 6.49. The van der Waals surface area contributed by atoms with Crippen LogP contribution in [0, 0.1) is 13.8 Å². The third-order valence-electron chi connectivity index (χ3n) is 3.90. The minimum atomic E-state index is -0.0631. The van der Waals surface area contributed by atoms with E-state index in [1.165, 1.54) is 17.3 Å². The van der Waals surface area contributed by atoms with E-state index in [4.69, 9.17) is 4.74 Å². The number of rotatable bonds is 8. The molecule has 0 fully saturated rings. The molecule has 0 saturated heterocycles. The van der Waals surface area contributed by atoms with Crippen molar-refractivity contribution in [3.05, 3.63) is 66.0 Å². The first-order chi connectivity index (χ1) is 13.1. The summed E-state index contributed by atoms with van der Waals surface area (Å²) in [6.45, 7) is 5.00. The van der Waals surface area contributed by atoms with Gasteiger partial charge in [0.25, 0.3) is 0 Å². The van der Waals surface area contributed by atoms with Crippen molar-refractivity contribution in [1.29, 1.82) is 0 Å². The zero-order chi connectivity index (χ0) is 19.1. The minimum absolute atomic E-state index is 0.0631. The second kappa shape index (κ2) is 9.23. The maximum absolute atomic E-state index is 12.1. The highest BCUT2D eigenvalue weighted by atomic mass is 32.2. The molecule has 0 saturated carbocycles. The highest BCUT2D eigenvalue weighted by Gasteiger charge is 2.11. The van der Waals surface area contributed by atoms with Crippen molar-refractivity contribution in [3.8, 4) is 11.4 Å². The Bertz CT molecular complexity index is 896. The lowest BCUT2D eigenvalue weighted by molar-refractivity contribution is -0.118. The first-order valence-electron chi connectivity index (χ1n) is 8.68. The van der Waals surface area contributed by atoms with Crippen LogP contribution in [0.1, 0.15) is 11.1 Å². The Morgan fingerprint density at radius 1 is 1.19 bits per heavy atom. The van der Waals surface area contributed by atoms with E-state index in [0.29, 0.717) is 18.3 Å². The highest BCUT2D eigenvalue weighted by Crippen LogP contribution is 2.22. The van der Waals surface area contributed by atoms with Crippen molar-refractivity contribution in [2.45, 2.75) is 19.0 Å². The summed E-state index contributed by atoms with van der Waals surface area (Å²) in [6.07, 6.45) is 1.67. The predicted octanol–water partition coefficient (Wildman–Crippen LogP) is 3.17. The number of nitrogens with one attached hydrogen (secondary N) is 1. The quantitative estimate of drug-likeness (QED) is 0.479. The molecule has 0 aliphatic carbocycles. The molecule has 27 heavy (non-hydrogen) atoms. The average Bonchev–Trinajstić information content (AvgIpc) is 3.13. The lowest BCUT2D eigenvalue weighted by Crippen LogP contribution is -2.29. The molecular formula is C20H22N4O2S. The number of nitrogens with zero attached hydrogens (tertiary/aromatic N) is 3.